The van der Waals surface area contributed by atoms with Gasteiger partial charge >= 0.3 is 0 Å². The van der Waals surface area contributed by atoms with Gasteiger partial charge in [0, 0.05) is 18.0 Å². The van der Waals surface area contributed by atoms with Crippen LogP contribution in [0.5, 0.6) is 0 Å². The third kappa shape index (κ3) is 2.59. The van der Waals surface area contributed by atoms with E-state index in [2.05, 4.69) is 22.0 Å². The van der Waals surface area contributed by atoms with Crippen molar-refractivity contribution < 1.29 is 4.79 Å². The highest BCUT2D eigenvalue weighted by Crippen LogP contribution is 2.18. The summed E-state index contributed by atoms with van der Waals surface area (Å²) in [5.74, 6) is 1.15. The zero-order valence-corrected chi connectivity index (χ0v) is 11.7. The molecule has 1 aliphatic rings. The molecule has 2 aromatic heterocycles. The number of rotatable bonds is 4. The number of thiophene rings is 1. The Hall–Kier alpha value is -1.53. The van der Waals surface area contributed by atoms with Gasteiger partial charge in [-0.2, -0.15) is 0 Å². The minimum atomic E-state index is 0.206. The van der Waals surface area contributed by atoms with E-state index in [1.165, 1.54) is 4.88 Å². The maximum Gasteiger partial charge on any atom is 0.186 e. The quantitative estimate of drug-likeness (QED) is 0.796. The van der Waals surface area contributed by atoms with Gasteiger partial charge in [-0.1, -0.05) is 6.92 Å². The summed E-state index contributed by atoms with van der Waals surface area (Å²) in [6.07, 6.45) is 2.74. The van der Waals surface area contributed by atoms with Crippen molar-refractivity contribution in [3.8, 4) is 0 Å². The molecule has 6 heteroatoms. The average Bonchev–Trinajstić information content (AvgIpc) is 3.06. The molecule has 0 aliphatic carbocycles. The van der Waals surface area contributed by atoms with Gasteiger partial charge in [0.2, 0.25) is 0 Å². The van der Waals surface area contributed by atoms with Crippen LogP contribution in [0.3, 0.4) is 0 Å². The Labute approximate surface area is 115 Å². The summed E-state index contributed by atoms with van der Waals surface area (Å²) in [6.45, 7) is 5.02. The van der Waals surface area contributed by atoms with Gasteiger partial charge in [-0.25, -0.2) is 0 Å². The summed E-state index contributed by atoms with van der Waals surface area (Å²) in [4.78, 5) is 16.5. The molecule has 19 heavy (non-hydrogen) atoms. The van der Waals surface area contributed by atoms with Crippen molar-refractivity contribution in [1.29, 1.82) is 0 Å². The number of aryl methyl sites for hydroxylation is 1. The van der Waals surface area contributed by atoms with Gasteiger partial charge in [0.1, 0.15) is 12.2 Å². The number of aromatic nitrogens is 3. The summed E-state index contributed by atoms with van der Waals surface area (Å²) in [7, 11) is 0. The third-order valence-corrected chi connectivity index (χ3v) is 4.64. The van der Waals surface area contributed by atoms with Crippen LogP contribution in [0.25, 0.3) is 0 Å². The van der Waals surface area contributed by atoms with Crippen LogP contribution < -0.4 is 0 Å². The largest absolute Gasteiger partial charge is 0.315 e. The van der Waals surface area contributed by atoms with E-state index in [0.29, 0.717) is 13.1 Å². The van der Waals surface area contributed by atoms with E-state index >= 15 is 0 Å². The number of nitrogens with zero attached hydrogens (tertiary/aromatic N) is 4. The van der Waals surface area contributed by atoms with E-state index in [9.17, 15) is 4.79 Å². The Kier molecular flexibility index (Phi) is 3.44. The second kappa shape index (κ2) is 5.22. The molecule has 0 amide bonds. The first-order valence-electron chi connectivity index (χ1n) is 6.47. The van der Waals surface area contributed by atoms with Gasteiger partial charge in [-0.15, -0.1) is 21.5 Å². The molecule has 2 aromatic rings. The fraction of sp³-hybridized carbons (Fsp3) is 0.462. The van der Waals surface area contributed by atoms with Crippen molar-refractivity contribution in [3.05, 3.63) is 34.0 Å². The van der Waals surface area contributed by atoms with Crippen molar-refractivity contribution in [2.24, 2.45) is 0 Å². The van der Waals surface area contributed by atoms with Gasteiger partial charge in [0.15, 0.2) is 5.78 Å². The Morgan fingerprint density at radius 3 is 3.11 bits per heavy atom. The van der Waals surface area contributed by atoms with Gasteiger partial charge in [-0.3, -0.25) is 9.69 Å². The molecule has 0 unspecified atom stereocenters. The predicted octanol–water partition coefficient (Wildman–Crippen LogP) is 1.60. The van der Waals surface area contributed by atoms with Crippen LogP contribution in [0.2, 0.25) is 0 Å². The van der Waals surface area contributed by atoms with Crippen LogP contribution in [0.1, 0.15) is 27.3 Å². The number of carbonyl (C=O) groups excluding carboxylic acids is 1. The topological polar surface area (TPSA) is 51.0 Å². The molecule has 5 nitrogen and oxygen atoms in total. The van der Waals surface area contributed by atoms with Crippen LogP contribution >= 0.6 is 11.3 Å². The number of hydrogen-bond donors (Lipinski definition) is 0. The van der Waals surface area contributed by atoms with E-state index in [4.69, 9.17) is 0 Å². The summed E-state index contributed by atoms with van der Waals surface area (Å²) in [6, 6.07) is 3.99. The number of ketones is 1. The SMILES string of the molecule is CCc1ccc(C(=O)CN2CCn3cnnc3C2)s1. The smallest absolute Gasteiger partial charge is 0.186 e. The minimum absolute atomic E-state index is 0.206. The molecule has 0 saturated carbocycles. The van der Waals surface area contributed by atoms with Crippen LogP contribution in [0.15, 0.2) is 18.5 Å². The highest BCUT2D eigenvalue weighted by atomic mass is 32.1. The van der Waals surface area contributed by atoms with Crippen molar-refractivity contribution in [2.75, 3.05) is 13.1 Å². The molecule has 0 spiro atoms. The summed E-state index contributed by atoms with van der Waals surface area (Å²) >= 11 is 1.61. The molecular formula is C13H16N4OS. The molecule has 0 bridgehead atoms. The standard InChI is InChI=1S/C13H16N4OS/c1-2-10-3-4-12(19-10)11(18)7-16-5-6-17-9-14-15-13(17)8-16/h3-4,9H,2,5-8H2,1H3. The van der Waals surface area contributed by atoms with Gasteiger partial charge in [0.25, 0.3) is 0 Å². The lowest BCUT2D eigenvalue weighted by atomic mass is 10.2. The lowest BCUT2D eigenvalue weighted by molar-refractivity contribution is 0.0912. The minimum Gasteiger partial charge on any atom is -0.315 e. The van der Waals surface area contributed by atoms with Gasteiger partial charge in [-0.05, 0) is 18.6 Å². The van der Waals surface area contributed by atoms with Crippen molar-refractivity contribution in [2.45, 2.75) is 26.4 Å². The van der Waals surface area contributed by atoms with E-state index in [1.807, 2.05) is 16.7 Å². The first-order valence-corrected chi connectivity index (χ1v) is 7.29. The first kappa shape index (κ1) is 12.5. The second-order valence-corrected chi connectivity index (χ2v) is 5.86. The van der Waals surface area contributed by atoms with Crippen molar-refractivity contribution in [3.63, 3.8) is 0 Å². The lowest BCUT2D eigenvalue weighted by Gasteiger charge is -2.25. The zero-order valence-electron chi connectivity index (χ0n) is 10.9. The van der Waals surface area contributed by atoms with Crippen LogP contribution in [-0.4, -0.2) is 38.5 Å². The van der Waals surface area contributed by atoms with Crippen LogP contribution in [0, 0.1) is 0 Å². The normalized spacial score (nSPS) is 15.4. The van der Waals surface area contributed by atoms with Gasteiger partial charge in [0.05, 0.1) is 18.0 Å². The molecule has 0 aromatic carbocycles. The summed E-state index contributed by atoms with van der Waals surface area (Å²) < 4.78 is 2.04. The van der Waals surface area contributed by atoms with Crippen molar-refractivity contribution >= 4 is 17.1 Å². The number of carbonyl (C=O) groups is 1. The van der Waals surface area contributed by atoms with Gasteiger partial charge < -0.3 is 4.57 Å². The monoisotopic (exact) mass is 276 g/mol. The van der Waals surface area contributed by atoms with Crippen LogP contribution in [0.4, 0.5) is 0 Å². The Bertz CT molecular complexity index is 589. The Morgan fingerprint density at radius 1 is 1.42 bits per heavy atom. The fourth-order valence-corrected chi connectivity index (χ4v) is 3.13. The summed E-state index contributed by atoms with van der Waals surface area (Å²) in [5.41, 5.74) is 0. The molecule has 0 fully saturated rings. The lowest BCUT2D eigenvalue weighted by Crippen LogP contribution is -2.37. The van der Waals surface area contributed by atoms with Crippen LogP contribution in [-0.2, 0) is 19.5 Å². The van der Waals surface area contributed by atoms with E-state index < -0.39 is 0 Å². The maximum atomic E-state index is 12.2. The molecule has 100 valence electrons. The first-order chi connectivity index (χ1) is 9.26. The van der Waals surface area contributed by atoms with E-state index in [-0.39, 0.29) is 5.78 Å². The molecule has 0 radical (unpaired) electrons. The van der Waals surface area contributed by atoms with E-state index in [0.717, 1.165) is 30.2 Å². The molecular weight excluding hydrogens is 260 g/mol. The highest BCUT2D eigenvalue weighted by Gasteiger charge is 2.20. The molecule has 3 rings (SSSR count). The zero-order chi connectivity index (χ0) is 13.2. The molecule has 0 atom stereocenters. The molecule has 1 aliphatic heterocycles. The van der Waals surface area contributed by atoms with E-state index in [1.54, 1.807) is 17.7 Å². The summed E-state index contributed by atoms with van der Waals surface area (Å²) in [5, 5.41) is 7.96. The Balaban J connectivity index is 1.64. The third-order valence-electron chi connectivity index (χ3n) is 3.37. The fourth-order valence-electron chi connectivity index (χ4n) is 2.25. The molecule has 0 N–H and O–H groups in total. The molecule has 3 heterocycles. The predicted molar refractivity (Wildman–Crippen MR) is 73.3 cm³/mol. The maximum absolute atomic E-state index is 12.2. The van der Waals surface area contributed by atoms with Crippen molar-refractivity contribution in [1.82, 2.24) is 19.7 Å². The second-order valence-electron chi connectivity index (χ2n) is 4.69. The number of Topliss-reactive ketones (excluding diaryl/α,β-unsaturated/α-hetero) is 1. The molecule has 0 saturated heterocycles. The Morgan fingerprint density at radius 2 is 2.32 bits per heavy atom. The number of hydrogen-bond acceptors (Lipinski definition) is 5. The highest BCUT2D eigenvalue weighted by molar-refractivity contribution is 7.14. The average molecular weight is 276 g/mol. The number of fused-ring (bicyclic) bond motifs is 1.